The maximum atomic E-state index is 13.5. The molecule has 4 aliphatic rings. The lowest BCUT2D eigenvalue weighted by Crippen LogP contribution is -2.51. The molecular weight excluding hydrogens is 528 g/mol. The predicted molar refractivity (Wildman–Crippen MR) is 156 cm³/mol. The number of likely N-dealkylation sites (N-methyl/N-ethyl adjacent to an activating group) is 1. The summed E-state index contributed by atoms with van der Waals surface area (Å²) < 4.78 is 5.06. The number of aromatic nitrogens is 1. The normalized spacial score (nSPS) is 26.6. The largest absolute Gasteiger partial charge is 0.480 e. The van der Waals surface area contributed by atoms with E-state index in [2.05, 4.69) is 54.3 Å². The molecule has 3 N–H and O–H groups in total. The summed E-state index contributed by atoms with van der Waals surface area (Å²) >= 11 is 1.82. The first-order valence-corrected chi connectivity index (χ1v) is 14.5. The highest BCUT2D eigenvalue weighted by atomic mass is 32.2. The van der Waals surface area contributed by atoms with E-state index in [4.69, 9.17) is 15.5 Å². The Morgan fingerprint density at radius 3 is 2.77 bits per heavy atom. The summed E-state index contributed by atoms with van der Waals surface area (Å²) in [4.78, 5) is 51.4. The molecule has 11 heteroatoms. The molecule has 40 heavy (non-hydrogen) atoms. The van der Waals surface area contributed by atoms with Crippen LogP contribution in [0.4, 0.5) is 5.69 Å². The number of fused-ring (bicyclic) bond motifs is 1. The Labute approximate surface area is 238 Å². The van der Waals surface area contributed by atoms with Crippen molar-refractivity contribution in [3.63, 3.8) is 0 Å². The van der Waals surface area contributed by atoms with Gasteiger partial charge >= 0.3 is 11.8 Å². The Morgan fingerprint density at radius 1 is 1.25 bits per heavy atom. The summed E-state index contributed by atoms with van der Waals surface area (Å²) in [5, 5.41) is 3.96. The van der Waals surface area contributed by atoms with Crippen molar-refractivity contribution in [2.45, 2.75) is 50.4 Å². The van der Waals surface area contributed by atoms with E-state index in [0.717, 1.165) is 43.0 Å². The van der Waals surface area contributed by atoms with E-state index in [1.165, 1.54) is 30.5 Å². The van der Waals surface area contributed by atoms with Crippen LogP contribution < -0.4 is 15.8 Å². The molecule has 4 atom stereocenters. The summed E-state index contributed by atoms with van der Waals surface area (Å²) in [6.07, 6.45) is 10.5. The number of rotatable bonds is 5. The molecule has 3 aliphatic heterocycles. The lowest BCUT2D eigenvalue weighted by atomic mass is 9.86. The molecular formula is C29H36N6O4S. The number of thioether (sulfide) groups is 1. The lowest BCUT2D eigenvalue weighted by Gasteiger charge is -2.40. The smallest absolute Gasteiger partial charge is 0.313 e. The number of methoxy groups -OCH3 is 1. The van der Waals surface area contributed by atoms with Crippen LogP contribution in [0.25, 0.3) is 0 Å². The lowest BCUT2D eigenvalue weighted by molar-refractivity contribution is -0.145. The van der Waals surface area contributed by atoms with Crippen molar-refractivity contribution in [2.24, 2.45) is 16.6 Å². The van der Waals surface area contributed by atoms with Crippen molar-refractivity contribution in [2.75, 3.05) is 39.1 Å². The second-order valence-electron chi connectivity index (χ2n) is 11.0. The highest BCUT2D eigenvalue weighted by molar-refractivity contribution is 8.15. The van der Waals surface area contributed by atoms with Gasteiger partial charge in [0.05, 0.1) is 41.4 Å². The van der Waals surface area contributed by atoms with Crippen LogP contribution in [0.3, 0.4) is 0 Å². The molecule has 0 radical (unpaired) electrons. The highest BCUT2D eigenvalue weighted by Crippen LogP contribution is 2.39. The van der Waals surface area contributed by atoms with Gasteiger partial charge in [0.1, 0.15) is 5.56 Å². The predicted octanol–water partition coefficient (Wildman–Crippen LogP) is 2.79. The van der Waals surface area contributed by atoms with Crippen LogP contribution in [0.2, 0.25) is 0 Å². The number of carbonyl (C=O) groups excluding carboxylic acids is 3. The van der Waals surface area contributed by atoms with Gasteiger partial charge in [-0.3, -0.25) is 19.4 Å². The molecule has 10 nitrogen and oxygen atoms in total. The van der Waals surface area contributed by atoms with Crippen LogP contribution in [0, 0.1) is 5.92 Å². The fraction of sp³-hybridized carbons (Fsp3) is 0.483. The van der Waals surface area contributed by atoms with Gasteiger partial charge < -0.3 is 25.6 Å². The molecule has 4 heterocycles. The van der Waals surface area contributed by atoms with E-state index >= 15 is 0 Å². The van der Waals surface area contributed by atoms with Gasteiger partial charge in [-0.15, -0.1) is 0 Å². The first kappa shape index (κ1) is 28.1. The number of aliphatic imine (C=N–C) groups is 1. The van der Waals surface area contributed by atoms with Crippen molar-refractivity contribution in [1.82, 2.24) is 14.8 Å². The van der Waals surface area contributed by atoms with Gasteiger partial charge in [0, 0.05) is 19.6 Å². The molecule has 0 aromatic carbocycles. The van der Waals surface area contributed by atoms with Gasteiger partial charge in [0.25, 0.3) is 5.91 Å². The minimum atomic E-state index is -0.791. The molecule has 1 fully saturated rings. The SMILES string of the molecule is COc1ncc(NC(=O)C(=O)N2C[C@@H](C)CC[C@@H]2C2=CC3N=C(C4=C(C)CN(C)CC4)SC3C=C2)cc1C(N)=O. The molecule has 5 rings (SSSR count). The Kier molecular flexibility index (Phi) is 8.14. The zero-order valence-electron chi connectivity index (χ0n) is 23.3. The number of hydrogen-bond donors (Lipinski definition) is 2. The van der Waals surface area contributed by atoms with E-state index in [0.29, 0.717) is 6.54 Å². The van der Waals surface area contributed by atoms with E-state index in [-0.39, 0.29) is 40.4 Å². The van der Waals surface area contributed by atoms with Crippen molar-refractivity contribution >= 4 is 40.2 Å². The molecule has 2 unspecified atom stereocenters. The molecule has 0 bridgehead atoms. The molecule has 1 aliphatic carbocycles. The second-order valence-corrected chi connectivity index (χ2v) is 12.2. The average molecular weight is 565 g/mol. The first-order valence-electron chi connectivity index (χ1n) is 13.6. The Balaban J connectivity index is 1.34. The summed E-state index contributed by atoms with van der Waals surface area (Å²) in [6.45, 7) is 6.77. The number of ether oxygens (including phenoxy) is 1. The number of anilines is 1. The fourth-order valence-corrected chi connectivity index (χ4v) is 7.13. The molecule has 0 saturated carbocycles. The summed E-state index contributed by atoms with van der Waals surface area (Å²) in [5.41, 5.74) is 9.39. The zero-order chi connectivity index (χ0) is 28.6. The molecule has 1 aromatic heterocycles. The zero-order valence-corrected chi connectivity index (χ0v) is 24.2. The first-order chi connectivity index (χ1) is 19.1. The third-order valence-electron chi connectivity index (χ3n) is 7.94. The van der Waals surface area contributed by atoms with Gasteiger partial charge in [-0.1, -0.05) is 42.5 Å². The number of primary amides is 1. The number of pyridine rings is 1. The van der Waals surface area contributed by atoms with Gasteiger partial charge in [-0.25, -0.2) is 4.98 Å². The van der Waals surface area contributed by atoms with Crippen molar-refractivity contribution in [1.29, 1.82) is 0 Å². The number of likely N-dealkylation sites (tertiary alicyclic amines) is 1. The molecule has 1 saturated heterocycles. The van der Waals surface area contributed by atoms with Gasteiger partial charge in [-0.05, 0) is 56.4 Å². The number of amides is 3. The maximum Gasteiger partial charge on any atom is 0.313 e. The molecule has 212 valence electrons. The third kappa shape index (κ3) is 5.71. The van der Waals surface area contributed by atoms with E-state index in [1.54, 1.807) is 4.90 Å². The minimum absolute atomic E-state index is 0.0164. The average Bonchev–Trinajstić information content (AvgIpc) is 3.35. The topological polar surface area (TPSA) is 130 Å². The van der Waals surface area contributed by atoms with Crippen LogP contribution >= 0.6 is 11.8 Å². The van der Waals surface area contributed by atoms with Crippen molar-refractivity contribution in [3.8, 4) is 5.88 Å². The van der Waals surface area contributed by atoms with Crippen LogP contribution in [-0.2, 0) is 9.59 Å². The summed E-state index contributed by atoms with van der Waals surface area (Å²) in [5.74, 6) is -1.84. The molecule has 1 aromatic rings. The van der Waals surface area contributed by atoms with E-state index in [1.807, 2.05) is 11.8 Å². The fourth-order valence-electron chi connectivity index (χ4n) is 5.84. The van der Waals surface area contributed by atoms with Crippen LogP contribution in [-0.4, -0.2) is 88.7 Å². The highest BCUT2D eigenvalue weighted by Gasteiger charge is 2.38. The Bertz CT molecular complexity index is 1350. The van der Waals surface area contributed by atoms with Gasteiger partial charge in [0.15, 0.2) is 0 Å². The number of nitrogens with two attached hydrogens (primary N) is 1. The van der Waals surface area contributed by atoms with E-state index in [9.17, 15) is 14.4 Å². The van der Waals surface area contributed by atoms with E-state index < -0.39 is 17.7 Å². The number of nitrogens with zero attached hydrogens (tertiary/aromatic N) is 4. The van der Waals surface area contributed by atoms with Crippen LogP contribution in [0.1, 0.15) is 43.5 Å². The maximum absolute atomic E-state index is 13.5. The van der Waals surface area contributed by atoms with Gasteiger partial charge in [-0.2, -0.15) is 0 Å². The minimum Gasteiger partial charge on any atom is -0.480 e. The summed E-state index contributed by atoms with van der Waals surface area (Å²) in [7, 11) is 3.51. The molecule has 3 amide bonds. The number of carbonyl (C=O) groups is 3. The van der Waals surface area contributed by atoms with Gasteiger partial charge in [0.2, 0.25) is 5.88 Å². The summed E-state index contributed by atoms with van der Waals surface area (Å²) in [6, 6.07) is 1.16. The quantitative estimate of drug-likeness (QED) is 0.526. The second kappa shape index (κ2) is 11.6. The van der Waals surface area contributed by atoms with Crippen molar-refractivity contribution in [3.05, 3.63) is 52.8 Å². The Morgan fingerprint density at radius 2 is 2.05 bits per heavy atom. The number of nitrogens with one attached hydrogen (secondary N) is 1. The monoisotopic (exact) mass is 564 g/mol. The standard InChI is InChI=1S/C29H36N6O4S/c1-16-5-7-23(18-6-8-24-22(11-18)33-28(40-24)20-9-10-34(3)15-17(20)2)35(14-16)29(38)26(37)32-19-12-21(25(30)36)27(39-4)31-13-19/h6,8,11-13,16,22-24H,5,7,9-10,14-15H2,1-4H3,(H2,30,36)(H,32,37)/t16-,22?,23+,24?/m0/s1. The van der Waals surface area contributed by atoms with Crippen LogP contribution in [0.5, 0.6) is 5.88 Å². The number of hydrogen-bond acceptors (Lipinski definition) is 8. The number of piperidine rings is 1. The third-order valence-corrected chi connectivity index (χ3v) is 9.22. The Hall–Kier alpha value is -3.44. The van der Waals surface area contributed by atoms with Crippen molar-refractivity contribution < 1.29 is 19.1 Å². The molecule has 0 spiro atoms. The van der Waals surface area contributed by atoms with Crippen LogP contribution in [0.15, 0.2) is 52.2 Å².